The van der Waals surface area contributed by atoms with Gasteiger partial charge in [0.2, 0.25) is 0 Å². The largest absolute Gasteiger partial charge is 0.481 e. The van der Waals surface area contributed by atoms with Crippen molar-refractivity contribution in [1.82, 2.24) is 0 Å². The summed E-state index contributed by atoms with van der Waals surface area (Å²) in [7, 11) is 0. The Bertz CT molecular complexity index is 367. The molecule has 0 amide bonds. The summed E-state index contributed by atoms with van der Waals surface area (Å²) >= 11 is 0. The van der Waals surface area contributed by atoms with Crippen LogP contribution < -0.4 is 0 Å². The van der Waals surface area contributed by atoms with E-state index in [1.807, 2.05) is 24.3 Å². The average Bonchev–Trinajstić information content (AvgIpc) is 2.30. The lowest BCUT2D eigenvalue weighted by molar-refractivity contribution is -0.142. The summed E-state index contributed by atoms with van der Waals surface area (Å²) < 4.78 is 0. The normalized spacial score (nSPS) is 25.1. The third-order valence-electron chi connectivity index (χ3n) is 2.90. The molecule has 2 atom stereocenters. The van der Waals surface area contributed by atoms with Gasteiger partial charge in [-0.1, -0.05) is 42.5 Å². The highest BCUT2D eigenvalue weighted by atomic mass is 16.4. The molecule has 2 unspecified atom stereocenters. The minimum Gasteiger partial charge on any atom is -0.481 e. The number of hydrogen-bond donors (Lipinski definition) is 1. The van der Waals surface area contributed by atoms with Crippen molar-refractivity contribution in [3.8, 4) is 0 Å². The molecule has 2 rings (SSSR count). The predicted molar refractivity (Wildman–Crippen MR) is 58.7 cm³/mol. The number of allylic oxidation sites excluding steroid dienone is 2. The van der Waals surface area contributed by atoms with Crippen molar-refractivity contribution in [2.75, 3.05) is 0 Å². The Kier molecular flexibility index (Phi) is 2.86. The average molecular weight is 202 g/mol. The molecule has 0 aliphatic heterocycles. The Labute approximate surface area is 89.2 Å². The molecule has 0 bridgehead atoms. The van der Waals surface area contributed by atoms with E-state index in [0.29, 0.717) is 6.42 Å². The van der Waals surface area contributed by atoms with Gasteiger partial charge in [0.1, 0.15) is 0 Å². The summed E-state index contributed by atoms with van der Waals surface area (Å²) in [4.78, 5) is 10.9. The molecule has 0 saturated carbocycles. The van der Waals surface area contributed by atoms with Crippen LogP contribution in [0, 0.1) is 5.92 Å². The number of hydrogen-bond acceptors (Lipinski definition) is 1. The highest BCUT2D eigenvalue weighted by Crippen LogP contribution is 2.31. The van der Waals surface area contributed by atoms with Gasteiger partial charge in [0.15, 0.2) is 0 Å². The zero-order valence-corrected chi connectivity index (χ0v) is 8.47. The van der Waals surface area contributed by atoms with E-state index < -0.39 is 5.97 Å². The number of rotatable bonds is 2. The molecule has 0 spiro atoms. The molecule has 1 aromatic carbocycles. The maximum absolute atomic E-state index is 10.9. The van der Waals surface area contributed by atoms with Gasteiger partial charge < -0.3 is 5.11 Å². The van der Waals surface area contributed by atoms with Crippen molar-refractivity contribution in [3.63, 3.8) is 0 Å². The number of carboxylic acids is 1. The quantitative estimate of drug-likeness (QED) is 0.749. The van der Waals surface area contributed by atoms with E-state index in [2.05, 4.69) is 18.2 Å². The van der Waals surface area contributed by atoms with Crippen molar-refractivity contribution in [2.45, 2.75) is 18.8 Å². The summed E-state index contributed by atoms with van der Waals surface area (Å²) in [6.45, 7) is 0. The van der Waals surface area contributed by atoms with Crippen LogP contribution in [0.1, 0.15) is 24.3 Å². The van der Waals surface area contributed by atoms with E-state index in [4.69, 9.17) is 5.11 Å². The molecule has 1 aliphatic carbocycles. The van der Waals surface area contributed by atoms with E-state index in [-0.39, 0.29) is 11.8 Å². The van der Waals surface area contributed by atoms with Gasteiger partial charge in [-0.05, 0) is 18.4 Å². The van der Waals surface area contributed by atoms with Crippen molar-refractivity contribution < 1.29 is 9.90 Å². The monoisotopic (exact) mass is 202 g/mol. The van der Waals surface area contributed by atoms with E-state index in [1.165, 1.54) is 5.56 Å². The van der Waals surface area contributed by atoms with Gasteiger partial charge >= 0.3 is 5.97 Å². The Morgan fingerprint density at radius 2 is 2.00 bits per heavy atom. The summed E-state index contributed by atoms with van der Waals surface area (Å²) in [5, 5.41) is 8.97. The molecule has 2 nitrogen and oxygen atoms in total. The lowest BCUT2D eigenvalue weighted by atomic mass is 9.83. The first-order valence-corrected chi connectivity index (χ1v) is 5.22. The lowest BCUT2D eigenvalue weighted by Crippen LogP contribution is -2.18. The van der Waals surface area contributed by atoms with Crippen molar-refractivity contribution >= 4 is 5.97 Å². The summed E-state index contributed by atoms with van der Waals surface area (Å²) in [5.41, 5.74) is 1.21. The molecular weight excluding hydrogens is 188 g/mol. The number of carboxylic acid groups (broad SMARTS) is 1. The maximum Gasteiger partial charge on any atom is 0.306 e. The fourth-order valence-corrected chi connectivity index (χ4v) is 2.04. The van der Waals surface area contributed by atoms with Crippen LogP contribution in [0.4, 0.5) is 0 Å². The van der Waals surface area contributed by atoms with Gasteiger partial charge in [-0.3, -0.25) is 4.79 Å². The third-order valence-corrected chi connectivity index (χ3v) is 2.90. The number of aliphatic carboxylic acids is 1. The van der Waals surface area contributed by atoms with Crippen LogP contribution >= 0.6 is 0 Å². The topological polar surface area (TPSA) is 37.3 Å². The Morgan fingerprint density at radius 3 is 2.67 bits per heavy atom. The van der Waals surface area contributed by atoms with Crippen molar-refractivity contribution in [2.24, 2.45) is 5.92 Å². The number of benzene rings is 1. The van der Waals surface area contributed by atoms with Crippen LogP contribution in [0.15, 0.2) is 42.5 Å². The van der Waals surface area contributed by atoms with Gasteiger partial charge in [0.05, 0.1) is 5.92 Å². The van der Waals surface area contributed by atoms with Crippen LogP contribution in [0.25, 0.3) is 0 Å². The van der Waals surface area contributed by atoms with Crippen LogP contribution in [-0.2, 0) is 4.79 Å². The molecule has 15 heavy (non-hydrogen) atoms. The van der Waals surface area contributed by atoms with E-state index in [9.17, 15) is 4.79 Å². The smallest absolute Gasteiger partial charge is 0.306 e. The summed E-state index contributed by atoms with van der Waals surface area (Å²) in [6.07, 6.45) is 5.49. The molecule has 78 valence electrons. The van der Waals surface area contributed by atoms with E-state index >= 15 is 0 Å². The molecule has 1 aliphatic rings. The van der Waals surface area contributed by atoms with E-state index in [0.717, 1.165) is 6.42 Å². The van der Waals surface area contributed by atoms with Crippen LogP contribution in [0.3, 0.4) is 0 Å². The van der Waals surface area contributed by atoms with Crippen LogP contribution in [-0.4, -0.2) is 11.1 Å². The van der Waals surface area contributed by atoms with Gasteiger partial charge in [-0.2, -0.15) is 0 Å². The van der Waals surface area contributed by atoms with Gasteiger partial charge in [0, 0.05) is 5.92 Å². The van der Waals surface area contributed by atoms with Gasteiger partial charge in [0.25, 0.3) is 0 Å². The first-order valence-electron chi connectivity index (χ1n) is 5.22. The molecular formula is C13H14O2. The maximum atomic E-state index is 10.9. The fraction of sp³-hybridized carbons (Fsp3) is 0.308. The molecule has 0 radical (unpaired) electrons. The minimum absolute atomic E-state index is 0.222. The molecule has 0 saturated heterocycles. The van der Waals surface area contributed by atoms with Crippen molar-refractivity contribution in [3.05, 3.63) is 48.0 Å². The highest BCUT2D eigenvalue weighted by molar-refractivity contribution is 5.70. The predicted octanol–water partition coefficient (Wildman–Crippen LogP) is 2.82. The molecule has 1 aromatic rings. The molecule has 1 N–H and O–H groups in total. The standard InChI is InChI=1S/C13H14O2/c14-13(15)12-8-4-7-11(9-12)10-5-2-1-3-6-10/h1-7,11-12H,8-9H2,(H,14,15). The SMILES string of the molecule is O=C(O)C1CC=CC(c2ccccc2)C1. The summed E-state index contributed by atoms with van der Waals surface area (Å²) in [6, 6.07) is 10.1. The van der Waals surface area contributed by atoms with Crippen molar-refractivity contribution in [1.29, 1.82) is 0 Å². The van der Waals surface area contributed by atoms with Gasteiger partial charge in [-0.15, -0.1) is 0 Å². The van der Waals surface area contributed by atoms with Crippen LogP contribution in [0.5, 0.6) is 0 Å². The Hall–Kier alpha value is -1.57. The molecule has 0 heterocycles. The summed E-state index contributed by atoms with van der Waals surface area (Å²) in [5.74, 6) is -0.637. The molecule has 0 aromatic heterocycles. The lowest BCUT2D eigenvalue weighted by Gasteiger charge is -2.21. The zero-order valence-electron chi connectivity index (χ0n) is 8.47. The van der Waals surface area contributed by atoms with E-state index in [1.54, 1.807) is 0 Å². The Balaban J connectivity index is 2.15. The highest BCUT2D eigenvalue weighted by Gasteiger charge is 2.24. The molecule has 0 fully saturated rings. The Morgan fingerprint density at radius 1 is 1.27 bits per heavy atom. The second-order valence-corrected chi connectivity index (χ2v) is 3.95. The number of carbonyl (C=O) groups is 1. The second-order valence-electron chi connectivity index (χ2n) is 3.95. The molecule has 2 heteroatoms. The second kappa shape index (κ2) is 4.30. The first kappa shape index (κ1) is 9.97. The first-order chi connectivity index (χ1) is 7.27. The fourth-order valence-electron chi connectivity index (χ4n) is 2.04. The zero-order chi connectivity index (χ0) is 10.7. The van der Waals surface area contributed by atoms with Crippen LogP contribution in [0.2, 0.25) is 0 Å². The minimum atomic E-state index is -0.680. The van der Waals surface area contributed by atoms with Gasteiger partial charge in [-0.25, -0.2) is 0 Å². The third kappa shape index (κ3) is 2.27.